The van der Waals surface area contributed by atoms with E-state index in [2.05, 4.69) is 29.4 Å². The predicted octanol–water partition coefficient (Wildman–Crippen LogP) is 3.07. The maximum atomic E-state index is 11.8. The zero-order valence-corrected chi connectivity index (χ0v) is 14.6. The van der Waals surface area contributed by atoms with Crippen molar-refractivity contribution >= 4 is 11.8 Å². The number of carboxylic acid groups (broad SMARTS) is 1. The van der Waals surface area contributed by atoms with Crippen molar-refractivity contribution in [2.45, 2.75) is 13.5 Å². The van der Waals surface area contributed by atoms with Crippen molar-refractivity contribution < 1.29 is 9.90 Å². The summed E-state index contributed by atoms with van der Waals surface area (Å²) in [5.41, 5.74) is 2.94. The van der Waals surface area contributed by atoms with Gasteiger partial charge in [0.25, 0.3) is 5.56 Å². The quantitative estimate of drug-likeness (QED) is 0.739. The van der Waals surface area contributed by atoms with Gasteiger partial charge in [0.15, 0.2) is 0 Å². The minimum atomic E-state index is -1.24. The molecular weight excluding hydrogens is 330 g/mol. The Morgan fingerprint density at radius 3 is 2.65 bits per heavy atom. The molecule has 0 aliphatic heterocycles. The molecule has 2 N–H and O–H groups in total. The molecule has 2 aromatic heterocycles. The molecule has 6 heteroatoms. The molecule has 0 saturated heterocycles. The van der Waals surface area contributed by atoms with Crippen molar-refractivity contribution in [2.75, 3.05) is 5.32 Å². The largest absolute Gasteiger partial charge is 0.477 e. The molecule has 0 amide bonds. The van der Waals surface area contributed by atoms with Gasteiger partial charge in [0.05, 0.1) is 0 Å². The summed E-state index contributed by atoms with van der Waals surface area (Å²) in [5.74, 6) is -0.518. The standard InChI is InChI=1S/C20H19N3O3/c1-13-4-3-5-14(8-13)10-21-18-7-6-15(11-22-18)16-9-17(20(25)26)19(24)23(2)12-16/h3-9,11-12H,10H2,1-2H3,(H,21,22)(H,25,26). The molecule has 0 bridgehead atoms. The molecule has 132 valence electrons. The lowest BCUT2D eigenvalue weighted by Crippen LogP contribution is -2.23. The van der Waals surface area contributed by atoms with Crippen LogP contribution in [0.5, 0.6) is 0 Å². The zero-order valence-electron chi connectivity index (χ0n) is 14.6. The molecule has 0 atom stereocenters. The number of anilines is 1. The van der Waals surface area contributed by atoms with Crippen LogP contribution >= 0.6 is 0 Å². The fourth-order valence-corrected chi connectivity index (χ4v) is 2.71. The number of aromatic nitrogens is 2. The van der Waals surface area contributed by atoms with Crippen LogP contribution in [0, 0.1) is 6.92 Å². The van der Waals surface area contributed by atoms with E-state index in [0.29, 0.717) is 12.1 Å². The highest BCUT2D eigenvalue weighted by molar-refractivity contribution is 5.88. The van der Waals surface area contributed by atoms with Crippen LogP contribution in [0.15, 0.2) is 59.7 Å². The summed E-state index contributed by atoms with van der Waals surface area (Å²) >= 11 is 0. The Balaban J connectivity index is 1.79. The van der Waals surface area contributed by atoms with E-state index in [0.717, 1.165) is 11.4 Å². The Hall–Kier alpha value is -3.41. The normalized spacial score (nSPS) is 10.5. The minimum absolute atomic E-state index is 0.258. The predicted molar refractivity (Wildman–Crippen MR) is 100 cm³/mol. The van der Waals surface area contributed by atoms with Gasteiger partial charge < -0.3 is 15.0 Å². The Morgan fingerprint density at radius 2 is 2.00 bits per heavy atom. The third-order valence-corrected chi connectivity index (χ3v) is 4.07. The van der Waals surface area contributed by atoms with E-state index >= 15 is 0 Å². The molecule has 0 saturated carbocycles. The van der Waals surface area contributed by atoms with Crippen LogP contribution in [0.2, 0.25) is 0 Å². The molecular formula is C20H19N3O3. The third-order valence-electron chi connectivity index (χ3n) is 4.07. The number of pyridine rings is 2. The number of aromatic carboxylic acids is 1. The molecule has 0 unspecified atom stereocenters. The summed E-state index contributed by atoms with van der Waals surface area (Å²) in [7, 11) is 1.53. The molecule has 3 rings (SSSR count). The second-order valence-electron chi connectivity index (χ2n) is 6.14. The third kappa shape index (κ3) is 3.80. The topological polar surface area (TPSA) is 84.2 Å². The van der Waals surface area contributed by atoms with E-state index in [9.17, 15) is 9.59 Å². The van der Waals surface area contributed by atoms with Crippen LogP contribution in [-0.4, -0.2) is 20.6 Å². The summed E-state index contributed by atoms with van der Waals surface area (Å²) in [6.07, 6.45) is 3.26. The Kier molecular flexibility index (Phi) is 4.84. The summed E-state index contributed by atoms with van der Waals surface area (Å²) in [5, 5.41) is 12.4. The maximum absolute atomic E-state index is 11.8. The lowest BCUT2D eigenvalue weighted by molar-refractivity contribution is 0.0694. The molecule has 1 aromatic carbocycles. The van der Waals surface area contributed by atoms with E-state index < -0.39 is 11.5 Å². The van der Waals surface area contributed by atoms with Crippen molar-refractivity contribution in [1.29, 1.82) is 0 Å². The first-order valence-corrected chi connectivity index (χ1v) is 8.14. The van der Waals surface area contributed by atoms with Crippen LogP contribution < -0.4 is 10.9 Å². The minimum Gasteiger partial charge on any atom is -0.477 e. The van der Waals surface area contributed by atoms with Gasteiger partial charge >= 0.3 is 5.97 Å². The first-order chi connectivity index (χ1) is 12.4. The summed E-state index contributed by atoms with van der Waals surface area (Å²) in [4.78, 5) is 27.4. The number of aryl methyl sites for hydroxylation is 2. The molecule has 26 heavy (non-hydrogen) atoms. The number of carboxylic acids is 1. The number of hydrogen-bond acceptors (Lipinski definition) is 4. The average Bonchev–Trinajstić information content (AvgIpc) is 2.62. The fraction of sp³-hybridized carbons (Fsp3) is 0.150. The number of carbonyl (C=O) groups is 1. The lowest BCUT2D eigenvalue weighted by atomic mass is 10.1. The van der Waals surface area contributed by atoms with Crippen molar-refractivity contribution in [1.82, 2.24) is 9.55 Å². The first kappa shape index (κ1) is 17.4. The maximum Gasteiger partial charge on any atom is 0.341 e. The van der Waals surface area contributed by atoms with Gasteiger partial charge in [-0.3, -0.25) is 4.79 Å². The van der Waals surface area contributed by atoms with Crippen molar-refractivity contribution in [3.05, 3.63) is 81.9 Å². The number of rotatable bonds is 5. The molecule has 0 aliphatic carbocycles. The summed E-state index contributed by atoms with van der Waals surface area (Å²) in [6.45, 7) is 2.71. The highest BCUT2D eigenvalue weighted by Crippen LogP contribution is 2.20. The van der Waals surface area contributed by atoms with E-state index in [1.807, 2.05) is 24.3 Å². The van der Waals surface area contributed by atoms with Gasteiger partial charge in [-0.15, -0.1) is 0 Å². The Morgan fingerprint density at radius 1 is 1.19 bits per heavy atom. The van der Waals surface area contributed by atoms with Gasteiger partial charge in [0.1, 0.15) is 11.4 Å². The number of hydrogen-bond donors (Lipinski definition) is 2. The molecule has 0 aliphatic rings. The van der Waals surface area contributed by atoms with Gasteiger partial charge in [-0.25, -0.2) is 9.78 Å². The molecule has 0 fully saturated rings. The molecule has 0 radical (unpaired) electrons. The number of benzene rings is 1. The number of nitrogens with one attached hydrogen (secondary N) is 1. The lowest BCUT2D eigenvalue weighted by Gasteiger charge is -2.09. The van der Waals surface area contributed by atoms with Gasteiger partial charge in [-0.2, -0.15) is 0 Å². The molecule has 2 heterocycles. The Labute approximate surface area is 150 Å². The van der Waals surface area contributed by atoms with Gasteiger partial charge in [-0.1, -0.05) is 29.8 Å². The number of nitrogens with zero attached hydrogens (tertiary/aromatic N) is 2. The zero-order chi connectivity index (χ0) is 18.7. The Bertz CT molecular complexity index is 1010. The fourth-order valence-electron chi connectivity index (χ4n) is 2.71. The van der Waals surface area contributed by atoms with Gasteiger partial charge in [-0.05, 0) is 30.7 Å². The van der Waals surface area contributed by atoms with Gasteiger partial charge in [0.2, 0.25) is 0 Å². The average molecular weight is 349 g/mol. The summed E-state index contributed by atoms with van der Waals surface area (Å²) in [6, 6.07) is 13.3. The molecule has 0 spiro atoms. The van der Waals surface area contributed by atoms with Crippen LogP contribution in [0.3, 0.4) is 0 Å². The van der Waals surface area contributed by atoms with E-state index in [1.54, 1.807) is 12.4 Å². The van der Waals surface area contributed by atoms with Crippen molar-refractivity contribution in [3.63, 3.8) is 0 Å². The smallest absolute Gasteiger partial charge is 0.341 e. The van der Waals surface area contributed by atoms with Crippen LogP contribution in [0.25, 0.3) is 11.1 Å². The SMILES string of the molecule is Cc1cccc(CNc2ccc(-c3cc(C(=O)O)c(=O)n(C)c3)cn2)c1. The monoisotopic (exact) mass is 349 g/mol. The highest BCUT2D eigenvalue weighted by Gasteiger charge is 2.12. The molecule has 6 nitrogen and oxygen atoms in total. The van der Waals surface area contributed by atoms with E-state index in [-0.39, 0.29) is 5.56 Å². The van der Waals surface area contributed by atoms with E-state index in [1.165, 1.54) is 28.8 Å². The second-order valence-corrected chi connectivity index (χ2v) is 6.14. The van der Waals surface area contributed by atoms with Gasteiger partial charge in [0, 0.05) is 37.1 Å². The highest BCUT2D eigenvalue weighted by atomic mass is 16.4. The second kappa shape index (κ2) is 7.23. The van der Waals surface area contributed by atoms with Crippen molar-refractivity contribution in [2.24, 2.45) is 7.05 Å². The van der Waals surface area contributed by atoms with Crippen LogP contribution in [0.1, 0.15) is 21.5 Å². The molecule has 3 aromatic rings. The van der Waals surface area contributed by atoms with Crippen molar-refractivity contribution in [3.8, 4) is 11.1 Å². The summed E-state index contributed by atoms with van der Waals surface area (Å²) < 4.78 is 1.27. The van der Waals surface area contributed by atoms with Crippen LogP contribution in [-0.2, 0) is 13.6 Å². The van der Waals surface area contributed by atoms with E-state index in [4.69, 9.17) is 5.11 Å². The first-order valence-electron chi connectivity index (χ1n) is 8.14. The van der Waals surface area contributed by atoms with Crippen LogP contribution in [0.4, 0.5) is 5.82 Å².